The van der Waals surface area contributed by atoms with Crippen LogP contribution >= 0.6 is 0 Å². The third kappa shape index (κ3) is 5.37. The highest BCUT2D eigenvalue weighted by Crippen LogP contribution is 2.24. The zero-order valence-electron chi connectivity index (χ0n) is 14.4. The fourth-order valence-corrected chi connectivity index (χ4v) is 2.84. The minimum Gasteiger partial charge on any atom is -0.466 e. The summed E-state index contributed by atoms with van der Waals surface area (Å²) in [5.74, 6) is -0.196. The lowest BCUT2D eigenvalue weighted by molar-refractivity contribution is -0.143. The van der Waals surface area contributed by atoms with Crippen LogP contribution in [0.15, 0.2) is 42.5 Å². The molecule has 4 heteroatoms. The number of carbonyl (C=O) groups excluding carboxylic acids is 2. The molecule has 2 aromatic rings. The van der Waals surface area contributed by atoms with Crippen molar-refractivity contribution in [3.63, 3.8) is 0 Å². The molecule has 0 saturated heterocycles. The molecule has 1 N–H and O–H groups in total. The molecule has 128 valence electrons. The van der Waals surface area contributed by atoms with E-state index in [1.165, 1.54) is 12.3 Å². The molecule has 1 unspecified atom stereocenters. The van der Waals surface area contributed by atoms with Gasteiger partial charge in [-0.25, -0.2) is 0 Å². The molecule has 0 heterocycles. The number of unbranched alkanes of at least 4 members (excludes halogenated alkanes) is 1. The first-order valence-electron chi connectivity index (χ1n) is 8.51. The van der Waals surface area contributed by atoms with Gasteiger partial charge in [-0.3, -0.25) is 9.59 Å². The number of benzene rings is 2. The van der Waals surface area contributed by atoms with Crippen molar-refractivity contribution in [1.82, 2.24) is 5.32 Å². The van der Waals surface area contributed by atoms with Gasteiger partial charge < -0.3 is 10.1 Å². The highest BCUT2D eigenvalue weighted by molar-refractivity contribution is 5.83. The van der Waals surface area contributed by atoms with Crippen molar-refractivity contribution in [3.8, 4) is 0 Å². The first-order valence-corrected chi connectivity index (χ1v) is 8.51. The first kappa shape index (κ1) is 18.0. The molecule has 0 fully saturated rings. The molecular weight excluding hydrogens is 302 g/mol. The van der Waals surface area contributed by atoms with Gasteiger partial charge in [0.2, 0.25) is 5.91 Å². The normalized spacial score (nSPS) is 11.9. The molecule has 0 aliphatic heterocycles. The van der Waals surface area contributed by atoms with E-state index in [4.69, 9.17) is 4.74 Å². The zero-order chi connectivity index (χ0) is 17.4. The number of fused-ring (bicyclic) bond motifs is 1. The van der Waals surface area contributed by atoms with E-state index >= 15 is 0 Å². The number of amides is 1. The van der Waals surface area contributed by atoms with Gasteiger partial charge in [0, 0.05) is 13.3 Å². The minimum absolute atomic E-state index is 0.0331. The molecular formula is C20H25NO3. The summed E-state index contributed by atoms with van der Waals surface area (Å²) >= 11 is 0. The van der Waals surface area contributed by atoms with E-state index in [1.54, 1.807) is 0 Å². The van der Waals surface area contributed by atoms with Crippen molar-refractivity contribution in [3.05, 3.63) is 48.0 Å². The average molecular weight is 327 g/mol. The largest absolute Gasteiger partial charge is 0.466 e. The summed E-state index contributed by atoms with van der Waals surface area (Å²) in [6, 6.07) is 14.4. The summed E-state index contributed by atoms with van der Waals surface area (Å²) in [7, 11) is 0. The molecule has 0 aliphatic rings. The number of ether oxygens (including phenoxy) is 1. The van der Waals surface area contributed by atoms with Gasteiger partial charge >= 0.3 is 5.97 Å². The maximum atomic E-state index is 11.5. The Labute approximate surface area is 143 Å². The van der Waals surface area contributed by atoms with Crippen molar-refractivity contribution >= 4 is 22.6 Å². The first-order chi connectivity index (χ1) is 11.6. The van der Waals surface area contributed by atoms with E-state index in [9.17, 15) is 9.59 Å². The Morgan fingerprint density at radius 2 is 1.83 bits per heavy atom. The van der Waals surface area contributed by atoms with Gasteiger partial charge in [0.1, 0.15) is 0 Å². The van der Waals surface area contributed by atoms with E-state index in [2.05, 4.69) is 35.6 Å². The Kier molecular flexibility index (Phi) is 6.79. The van der Waals surface area contributed by atoms with Crippen molar-refractivity contribution in [2.75, 3.05) is 6.61 Å². The second-order valence-electron chi connectivity index (χ2n) is 5.91. The van der Waals surface area contributed by atoms with Crippen LogP contribution < -0.4 is 5.32 Å². The van der Waals surface area contributed by atoms with Crippen LogP contribution in [0.25, 0.3) is 10.8 Å². The maximum Gasteiger partial charge on any atom is 0.305 e. The summed E-state index contributed by atoms with van der Waals surface area (Å²) < 4.78 is 4.94. The smallest absolute Gasteiger partial charge is 0.305 e. The van der Waals surface area contributed by atoms with Crippen LogP contribution in [-0.2, 0) is 14.3 Å². The van der Waals surface area contributed by atoms with Crippen LogP contribution in [-0.4, -0.2) is 18.5 Å². The van der Waals surface area contributed by atoms with Gasteiger partial charge in [-0.2, -0.15) is 0 Å². The summed E-state index contributed by atoms with van der Waals surface area (Å²) in [6.45, 7) is 3.77. The van der Waals surface area contributed by atoms with E-state index in [1.807, 2.05) is 19.1 Å². The predicted octanol–water partition coefficient (Wildman–Crippen LogP) is 4.14. The van der Waals surface area contributed by atoms with E-state index in [0.29, 0.717) is 13.0 Å². The fourth-order valence-electron chi connectivity index (χ4n) is 2.84. The van der Waals surface area contributed by atoms with Crippen molar-refractivity contribution in [2.24, 2.45) is 0 Å². The Morgan fingerprint density at radius 1 is 1.08 bits per heavy atom. The lowest BCUT2D eigenvalue weighted by Gasteiger charge is -2.19. The third-order valence-electron chi connectivity index (χ3n) is 3.98. The number of hydrogen-bond donors (Lipinski definition) is 1. The van der Waals surface area contributed by atoms with Crippen molar-refractivity contribution < 1.29 is 14.3 Å². The highest BCUT2D eigenvalue weighted by Gasteiger charge is 2.13. The van der Waals surface area contributed by atoms with Crippen LogP contribution in [0.3, 0.4) is 0 Å². The molecule has 2 aromatic carbocycles. The number of carbonyl (C=O) groups is 2. The third-order valence-corrected chi connectivity index (χ3v) is 3.98. The molecule has 0 aliphatic carbocycles. The van der Waals surface area contributed by atoms with Crippen LogP contribution in [0.4, 0.5) is 0 Å². The van der Waals surface area contributed by atoms with Gasteiger partial charge in [0.25, 0.3) is 0 Å². The molecule has 24 heavy (non-hydrogen) atoms. The zero-order valence-corrected chi connectivity index (χ0v) is 14.4. The summed E-state index contributed by atoms with van der Waals surface area (Å²) in [6.07, 6.45) is 2.86. The Balaban J connectivity index is 2.01. The molecule has 0 saturated carbocycles. The Morgan fingerprint density at radius 3 is 2.54 bits per heavy atom. The lowest BCUT2D eigenvalue weighted by Crippen LogP contribution is -2.26. The molecule has 0 aromatic heterocycles. The minimum atomic E-state index is -0.153. The maximum absolute atomic E-state index is 11.5. The number of nitrogens with one attached hydrogen (secondary N) is 1. The van der Waals surface area contributed by atoms with E-state index in [-0.39, 0.29) is 17.9 Å². The van der Waals surface area contributed by atoms with E-state index < -0.39 is 0 Å². The van der Waals surface area contributed by atoms with Gasteiger partial charge in [0.05, 0.1) is 12.6 Å². The Hall–Kier alpha value is -2.36. The molecule has 0 radical (unpaired) electrons. The van der Waals surface area contributed by atoms with Crippen molar-refractivity contribution in [1.29, 1.82) is 0 Å². The molecule has 4 nitrogen and oxygen atoms in total. The van der Waals surface area contributed by atoms with E-state index in [0.717, 1.165) is 30.2 Å². The second kappa shape index (κ2) is 9.06. The van der Waals surface area contributed by atoms with Crippen LogP contribution in [0.2, 0.25) is 0 Å². The topological polar surface area (TPSA) is 55.4 Å². The standard InChI is InChI=1S/C20H25NO3/c1-3-24-20(23)11-7-6-10-19(21-15(2)22)18-13-12-16-8-4-5-9-17(16)14-18/h4-5,8-9,12-14,19H,3,6-7,10-11H2,1-2H3,(H,21,22). The summed E-state index contributed by atoms with van der Waals surface area (Å²) in [4.78, 5) is 22.9. The average Bonchev–Trinajstić information content (AvgIpc) is 2.57. The number of rotatable bonds is 8. The highest BCUT2D eigenvalue weighted by atomic mass is 16.5. The van der Waals surface area contributed by atoms with Gasteiger partial charge in [-0.05, 0) is 42.2 Å². The molecule has 0 spiro atoms. The molecule has 2 rings (SSSR count). The van der Waals surface area contributed by atoms with Crippen molar-refractivity contribution in [2.45, 2.75) is 45.6 Å². The SMILES string of the molecule is CCOC(=O)CCCCC(NC(C)=O)c1ccc2ccccc2c1. The number of hydrogen-bond acceptors (Lipinski definition) is 3. The number of esters is 1. The van der Waals surface area contributed by atoms with Crippen LogP contribution in [0.5, 0.6) is 0 Å². The lowest BCUT2D eigenvalue weighted by atomic mass is 9.97. The van der Waals surface area contributed by atoms with Gasteiger partial charge in [0.15, 0.2) is 0 Å². The molecule has 1 atom stereocenters. The van der Waals surface area contributed by atoms with Crippen LogP contribution in [0.1, 0.15) is 51.1 Å². The summed E-state index contributed by atoms with van der Waals surface area (Å²) in [5, 5.41) is 5.37. The molecule has 0 bridgehead atoms. The van der Waals surface area contributed by atoms with Gasteiger partial charge in [-0.15, -0.1) is 0 Å². The fraction of sp³-hybridized carbons (Fsp3) is 0.400. The quantitative estimate of drug-likeness (QED) is 0.585. The van der Waals surface area contributed by atoms with Crippen LogP contribution in [0, 0.1) is 0 Å². The Bertz CT molecular complexity index is 696. The predicted molar refractivity (Wildman–Crippen MR) is 95.6 cm³/mol. The summed E-state index contributed by atoms with van der Waals surface area (Å²) in [5.41, 5.74) is 1.10. The second-order valence-corrected chi connectivity index (χ2v) is 5.91. The van der Waals surface area contributed by atoms with Gasteiger partial charge in [-0.1, -0.05) is 42.8 Å². The molecule has 1 amide bonds. The monoisotopic (exact) mass is 327 g/mol.